The summed E-state index contributed by atoms with van der Waals surface area (Å²) in [7, 11) is 0. The van der Waals surface area contributed by atoms with Crippen LogP contribution in [-0.2, 0) is 0 Å². The van der Waals surface area contributed by atoms with E-state index in [9.17, 15) is 9.90 Å². The van der Waals surface area contributed by atoms with Crippen molar-refractivity contribution in [3.05, 3.63) is 42.1 Å². The number of fused-ring (bicyclic) bond motifs is 1. The van der Waals surface area contributed by atoms with E-state index in [1.54, 1.807) is 11.1 Å². The van der Waals surface area contributed by atoms with Gasteiger partial charge in [0.2, 0.25) is 0 Å². The summed E-state index contributed by atoms with van der Waals surface area (Å²) in [5, 5.41) is 10.1. The SMILES string of the molecule is CCC(CC)N(CCO)C(=O)c1cccc2ncccc12. The molecule has 0 aliphatic carbocycles. The zero-order chi connectivity index (χ0) is 15.2. The molecule has 0 saturated carbocycles. The maximum absolute atomic E-state index is 12.9. The number of pyridine rings is 1. The van der Waals surface area contributed by atoms with Gasteiger partial charge in [0.25, 0.3) is 5.91 Å². The van der Waals surface area contributed by atoms with Crippen molar-refractivity contribution in [3.8, 4) is 0 Å². The van der Waals surface area contributed by atoms with Crippen molar-refractivity contribution < 1.29 is 9.90 Å². The van der Waals surface area contributed by atoms with Crippen molar-refractivity contribution in [1.29, 1.82) is 0 Å². The average molecular weight is 286 g/mol. The Bertz CT molecular complexity index is 603. The molecule has 4 heteroatoms. The molecule has 1 aromatic carbocycles. The molecule has 0 aliphatic rings. The Labute approximate surface area is 125 Å². The topological polar surface area (TPSA) is 53.4 Å². The molecule has 1 aromatic heterocycles. The summed E-state index contributed by atoms with van der Waals surface area (Å²) >= 11 is 0. The number of carbonyl (C=O) groups is 1. The Morgan fingerprint density at radius 1 is 1.24 bits per heavy atom. The van der Waals surface area contributed by atoms with E-state index in [4.69, 9.17) is 0 Å². The molecule has 112 valence electrons. The van der Waals surface area contributed by atoms with Gasteiger partial charge in [0.15, 0.2) is 0 Å². The Kier molecular flexibility index (Phi) is 5.28. The number of aromatic nitrogens is 1. The van der Waals surface area contributed by atoms with Crippen LogP contribution < -0.4 is 0 Å². The lowest BCUT2D eigenvalue weighted by Gasteiger charge is -2.30. The summed E-state index contributed by atoms with van der Waals surface area (Å²) in [5.41, 5.74) is 1.47. The zero-order valence-electron chi connectivity index (χ0n) is 12.6. The minimum atomic E-state index is -0.0312. The average Bonchev–Trinajstić information content (AvgIpc) is 2.54. The summed E-state index contributed by atoms with van der Waals surface area (Å²) in [4.78, 5) is 19.0. The molecule has 4 nitrogen and oxygen atoms in total. The molecule has 2 aromatic rings. The first-order chi connectivity index (χ1) is 10.2. The molecule has 1 N–H and O–H groups in total. The molecule has 2 rings (SSSR count). The standard InChI is InChI=1S/C17H22N2O2/c1-3-13(4-2)19(11-12-20)17(21)15-7-5-9-16-14(15)8-6-10-18-16/h5-10,13,20H,3-4,11-12H2,1-2H3. The highest BCUT2D eigenvalue weighted by Gasteiger charge is 2.23. The molecule has 0 radical (unpaired) electrons. The predicted molar refractivity (Wildman–Crippen MR) is 84.2 cm³/mol. The summed E-state index contributed by atoms with van der Waals surface area (Å²) in [5.74, 6) is -0.0312. The molecule has 21 heavy (non-hydrogen) atoms. The lowest BCUT2D eigenvalue weighted by molar-refractivity contribution is 0.0624. The number of nitrogens with zero attached hydrogens (tertiary/aromatic N) is 2. The van der Waals surface area contributed by atoms with Crippen LogP contribution >= 0.6 is 0 Å². The van der Waals surface area contributed by atoms with Gasteiger partial charge < -0.3 is 10.0 Å². The maximum Gasteiger partial charge on any atom is 0.254 e. The van der Waals surface area contributed by atoms with Gasteiger partial charge in [-0.25, -0.2) is 0 Å². The van der Waals surface area contributed by atoms with Crippen molar-refractivity contribution in [3.63, 3.8) is 0 Å². The minimum Gasteiger partial charge on any atom is -0.395 e. The normalized spacial score (nSPS) is 11.0. The summed E-state index contributed by atoms with van der Waals surface area (Å²) < 4.78 is 0. The Hall–Kier alpha value is -1.94. The van der Waals surface area contributed by atoms with Gasteiger partial charge in [-0.2, -0.15) is 0 Å². The van der Waals surface area contributed by atoms with E-state index in [2.05, 4.69) is 18.8 Å². The second kappa shape index (κ2) is 7.18. The van der Waals surface area contributed by atoms with E-state index in [0.29, 0.717) is 12.1 Å². The van der Waals surface area contributed by atoms with Crippen LogP contribution in [0.25, 0.3) is 10.9 Å². The van der Waals surface area contributed by atoms with Gasteiger partial charge in [0.05, 0.1) is 12.1 Å². The fraction of sp³-hybridized carbons (Fsp3) is 0.412. The zero-order valence-corrected chi connectivity index (χ0v) is 12.6. The molecule has 0 bridgehead atoms. The van der Waals surface area contributed by atoms with E-state index in [1.165, 1.54) is 0 Å². The Balaban J connectivity index is 2.43. The van der Waals surface area contributed by atoms with Crippen LogP contribution in [0.5, 0.6) is 0 Å². The van der Waals surface area contributed by atoms with E-state index < -0.39 is 0 Å². The van der Waals surface area contributed by atoms with Crippen molar-refractivity contribution in [2.75, 3.05) is 13.2 Å². The third kappa shape index (κ3) is 3.22. The van der Waals surface area contributed by atoms with E-state index in [1.807, 2.05) is 30.3 Å². The van der Waals surface area contributed by atoms with Crippen molar-refractivity contribution in [1.82, 2.24) is 9.88 Å². The number of hydrogen-bond donors (Lipinski definition) is 1. The first kappa shape index (κ1) is 15.4. The van der Waals surface area contributed by atoms with Crippen molar-refractivity contribution in [2.24, 2.45) is 0 Å². The molecular formula is C17H22N2O2. The molecule has 0 fully saturated rings. The number of aliphatic hydroxyl groups excluding tert-OH is 1. The highest BCUT2D eigenvalue weighted by molar-refractivity contribution is 6.06. The van der Waals surface area contributed by atoms with Crippen molar-refractivity contribution in [2.45, 2.75) is 32.7 Å². The van der Waals surface area contributed by atoms with Crippen LogP contribution in [0, 0.1) is 0 Å². The fourth-order valence-electron chi connectivity index (χ4n) is 2.73. The Morgan fingerprint density at radius 2 is 2.00 bits per heavy atom. The smallest absolute Gasteiger partial charge is 0.254 e. The van der Waals surface area contributed by atoms with E-state index in [0.717, 1.165) is 23.7 Å². The van der Waals surface area contributed by atoms with Gasteiger partial charge in [-0.3, -0.25) is 9.78 Å². The third-order valence-electron chi connectivity index (χ3n) is 3.86. The molecule has 0 unspecified atom stereocenters. The quantitative estimate of drug-likeness (QED) is 0.888. The Morgan fingerprint density at radius 3 is 2.67 bits per heavy atom. The van der Waals surface area contributed by atoms with Crippen LogP contribution in [0.1, 0.15) is 37.0 Å². The largest absolute Gasteiger partial charge is 0.395 e. The lowest BCUT2D eigenvalue weighted by atomic mass is 10.0. The van der Waals surface area contributed by atoms with Gasteiger partial charge in [0, 0.05) is 29.7 Å². The van der Waals surface area contributed by atoms with Gasteiger partial charge in [-0.1, -0.05) is 26.0 Å². The van der Waals surface area contributed by atoms with Crippen LogP contribution in [0.2, 0.25) is 0 Å². The number of aliphatic hydroxyl groups is 1. The summed E-state index contributed by atoms with van der Waals surface area (Å²) in [6.45, 7) is 4.47. The molecule has 0 spiro atoms. The molecular weight excluding hydrogens is 264 g/mol. The van der Waals surface area contributed by atoms with Gasteiger partial charge in [-0.05, 0) is 31.0 Å². The number of rotatable bonds is 6. The molecule has 0 atom stereocenters. The monoisotopic (exact) mass is 286 g/mol. The number of carbonyl (C=O) groups excluding carboxylic acids is 1. The van der Waals surface area contributed by atoms with Crippen LogP contribution in [0.4, 0.5) is 0 Å². The predicted octanol–water partition coefficient (Wildman–Crippen LogP) is 2.86. The van der Waals surface area contributed by atoms with Crippen LogP contribution in [-0.4, -0.2) is 40.1 Å². The first-order valence-corrected chi connectivity index (χ1v) is 7.48. The number of benzene rings is 1. The first-order valence-electron chi connectivity index (χ1n) is 7.48. The lowest BCUT2D eigenvalue weighted by Crippen LogP contribution is -2.41. The molecule has 1 amide bonds. The highest BCUT2D eigenvalue weighted by Crippen LogP contribution is 2.20. The minimum absolute atomic E-state index is 0.0226. The van der Waals surface area contributed by atoms with Gasteiger partial charge in [0.1, 0.15) is 0 Å². The fourth-order valence-corrected chi connectivity index (χ4v) is 2.73. The van der Waals surface area contributed by atoms with Gasteiger partial charge >= 0.3 is 0 Å². The van der Waals surface area contributed by atoms with Crippen molar-refractivity contribution >= 4 is 16.8 Å². The molecule has 0 saturated heterocycles. The number of hydrogen-bond acceptors (Lipinski definition) is 3. The van der Waals surface area contributed by atoms with E-state index >= 15 is 0 Å². The van der Waals surface area contributed by atoms with Crippen LogP contribution in [0.15, 0.2) is 36.5 Å². The van der Waals surface area contributed by atoms with Gasteiger partial charge in [-0.15, -0.1) is 0 Å². The second-order valence-corrected chi connectivity index (χ2v) is 5.07. The summed E-state index contributed by atoms with van der Waals surface area (Å²) in [6, 6.07) is 9.49. The highest BCUT2D eigenvalue weighted by atomic mass is 16.3. The second-order valence-electron chi connectivity index (χ2n) is 5.07. The van der Waals surface area contributed by atoms with Crippen LogP contribution in [0.3, 0.4) is 0 Å². The summed E-state index contributed by atoms with van der Waals surface area (Å²) in [6.07, 6.45) is 3.49. The molecule has 0 aliphatic heterocycles. The maximum atomic E-state index is 12.9. The number of amides is 1. The molecule has 1 heterocycles. The third-order valence-corrected chi connectivity index (χ3v) is 3.86. The van der Waals surface area contributed by atoms with E-state index in [-0.39, 0.29) is 18.6 Å².